The zero-order chi connectivity index (χ0) is 21.1. The number of hydrogen-bond donors (Lipinski definition) is 0. The van der Waals surface area contributed by atoms with E-state index in [-0.39, 0.29) is 0 Å². The molecule has 0 saturated carbocycles. The summed E-state index contributed by atoms with van der Waals surface area (Å²) >= 11 is 0. The van der Waals surface area contributed by atoms with Gasteiger partial charge in [0.25, 0.3) is 0 Å². The van der Waals surface area contributed by atoms with Gasteiger partial charge in [0.2, 0.25) is 0 Å². The Morgan fingerprint density at radius 2 is 1.16 bits per heavy atom. The summed E-state index contributed by atoms with van der Waals surface area (Å²) < 4.78 is 8.99. The molecule has 2 nitrogen and oxygen atoms in total. The molecule has 0 bridgehead atoms. The van der Waals surface area contributed by atoms with E-state index in [1.54, 1.807) is 0 Å². The first-order chi connectivity index (χ1) is 15.9. The first-order valence-electron chi connectivity index (χ1n) is 10.9. The molecule has 0 fully saturated rings. The molecule has 32 heavy (non-hydrogen) atoms. The maximum absolute atomic E-state index is 6.65. The fraction of sp³-hybridized carbons (Fsp3) is 0. The third kappa shape index (κ3) is 2.35. The van der Waals surface area contributed by atoms with Crippen molar-refractivity contribution in [2.45, 2.75) is 0 Å². The molecule has 0 saturated heterocycles. The zero-order valence-electron chi connectivity index (χ0n) is 17.3. The molecule has 2 heteroatoms. The second kappa shape index (κ2) is 6.60. The van der Waals surface area contributed by atoms with Crippen LogP contribution in [0.2, 0.25) is 0 Å². The minimum atomic E-state index is 0.892. The average molecular weight is 409 g/mol. The average Bonchev–Trinajstić information content (AvgIpc) is 3.46. The maximum Gasteiger partial charge on any atom is 0.160 e. The fourth-order valence-electron chi connectivity index (χ4n) is 5.02. The van der Waals surface area contributed by atoms with Gasteiger partial charge in [-0.05, 0) is 35.0 Å². The normalized spacial score (nSPS) is 11.8. The van der Waals surface area contributed by atoms with Crippen molar-refractivity contribution in [1.29, 1.82) is 0 Å². The summed E-state index contributed by atoms with van der Waals surface area (Å²) in [4.78, 5) is 0. The second-order valence-corrected chi connectivity index (χ2v) is 8.18. The molecule has 2 aromatic heterocycles. The molecule has 150 valence electrons. The van der Waals surface area contributed by atoms with Crippen LogP contribution >= 0.6 is 0 Å². The zero-order valence-corrected chi connectivity index (χ0v) is 17.3. The molecule has 0 aliphatic heterocycles. The molecular formula is C30H19NO. The molecule has 0 atom stereocenters. The smallest absolute Gasteiger partial charge is 0.160 e. The summed E-state index contributed by atoms with van der Waals surface area (Å²) in [6.07, 6.45) is 0. The van der Waals surface area contributed by atoms with E-state index < -0.39 is 0 Å². The predicted molar refractivity (Wildman–Crippen MR) is 133 cm³/mol. The monoisotopic (exact) mass is 409 g/mol. The Morgan fingerprint density at radius 3 is 1.94 bits per heavy atom. The van der Waals surface area contributed by atoms with Gasteiger partial charge < -0.3 is 8.98 Å². The van der Waals surface area contributed by atoms with E-state index in [0.29, 0.717) is 0 Å². The number of furan rings is 1. The number of rotatable bonds is 2. The Labute approximate surface area is 184 Å². The first kappa shape index (κ1) is 17.4. The van der Waals surface area contributed by atoms with E-state index in [4.69, 9.17) is 4.42 Å². The highest BCUT2D eigenvalue weighted by atomic mass is 16.3. The molecule has 5 aromatic carbocycles. The van der Waals surface area contributed by atoms with Crippen LogP contribution in [-0.4, -0.2) is 4.57 Å². The van der Waals surface area contributed by atoms with Crippen molar-refractivity contribution in [3.8, 4) is 17.0 Å². The molecule has 0 unspecified atom stereocenters. The van der Waals surface area contributed by atoms with Gasteiger partial charge in [0.05, 0.1) is 11.0 Å². The highest BCUT2D eigenvalue weighted by Gasteiger charge is 2.21. The molecule has 0 spiro atoms. The summed E-state index contributed by atoms with van der Waals surface area (Å²) in [5.74, 6) is 0.892. The molecule has 0 radical (unpaired) electrons. The van der Waals surface area contributed by atoms with Gasteiger partial charge in [-0.1, -0.05) is 91.0 Å². The second-order valence-electron chi connectivity index (χ2n) is 8.18. The van der Waals surface area contributed by atoms with Crippen molar-refractivity contribution in [2.75, 3.05) is 0 Å². The summed E-state index contributed by atoms with van der Waals surface area (Å²) in [5.41, 5.74) is 5.45. The lowest BCUT2D eigenvalue weighted by Gasteiger charge is -2.09. The number of nitrogens with zero attached hydrogens (tertiary/aromatic N) is 1. The van der Waals surface area contributed by atoms with Gasteiger partial charge in [-0.2, -0.15) is 0 Å². The molecule has 0 aliphatic carbocycles. The number of para-hydroxylation sites is 2. The lowest BCUT2D eigenvalue weighted by atomic mass is 10.0. The molecule has 0 aliphatic rings. The van der Waals surface area contributed by atoms with E-state index in [2.05, 4.69) is 114 Å². The van der Waals surface area contributed by atoms with Crippen LogP contribution in [0.15, 0.2) is 120 Å². The van der Waals surface area contributed by atoms with E-state index in [1.165, 1.54) is 27.1 Å². The molecule has 7 aromatic rings. The van der Waals surface area contributed by atoms with Crippen LogP contribution in [0.25, 0.3) is 60.6 Å². The van der Waals surface area contributed by atoms with E-state index in [1.807, 2.05) is 6.07 Å². The summed E-state index contributed by atoms with van der Waals surface area (Å²) in [6.45, 7) is 0. The summed E-state index contributed by atoms with van der Waals surface area (Å²) in [7, 11) is 0. The third-order valence-electron chi connectivity index (χ3n) is 6.38. The first-order valence-corrected chi connectivity index (χ1v) is 10.9. The van der Waals surface area contributed by atoms with Crippen molar-refractivity contribution in [1.82, 2.24) is 4.57 Å². The van der Waals surface area contributed by atoms with Crippen molar-refractivity contribution in [2.24, 2.45) is 0 Å². The highest BCUT2D eigenvalue weighted by Crippen LogP contribution is 2.44. The van der Waals surface area contributed by atoms with Gasteiger partial charge in [-0.25, -0.2) is 0 Å². The topological polar surface area (TPSA) is 18.1 Å². The predicted octanol–water partition coefficient (Wildman–Crippen LogP) is 8.35. The molecular weight excluding hydrogens is 390 g/mol. The highest BCUT2D eigenvalue weighted by molar-refractivity contribution is 6.31. The van der Waals surface area contributed by atoms with Crippen LogP contribution in [-0.2, 0) is 0 Å². The number of benzene rings is 5. The van der Waals surface area contributed by atoms with Gasteiger partial charge in [-0.3, -0.25) is 0 Å². The fourth-order valence-corrected chi connectivity index (χ4v) is 5.02. The molecule has 0 amide bonds. The van der Waals surface area contributed by atoms with Gasteiger partial charge in [0.15, 0.2) is 5.58 Å². The number of hydrogen-bond acceptors (Lipinski definition) is 1. The molecule has 0 N–H and O–H groups in total. The van der Waals surface area contributed by atoms with Gasteiger partial charge in [-0.15, -0.1) is 0 Å². The summed E-state index contributed by atoms with van der Waals surface area (Å²) in [5, 5.41) is 6.09. The van der Waals surface area contributed by atoms with Crippen LogP contribution in [0.1, 0.15) is 0 Å². The van der Waals surface area contributed by atoms with Crippen LogP contribution in [0.3, 0.4) is 0 Å². The van der Waals surface area contributed by atoms with E-state index in [9.17, 15) is 0 Å². The van der Waals surface area contributed by atoms with Crippen LogP contribution in [0.4, 0.5) is 0 Å². The van der Waals surface area contributed by atoms with Crippen molar-refractivity contribution in [3.05, 3.63) is 115 Å². The van der Waals surface area contributed by atoms with Crippen molar-refractivity contribution in [3.63, 3.8) is 0 Å². The molecule has 2 heterocycles. The van der Waals surface area contributed by atoms with E-state index >= 15 is 0 Å². The standard InChI is InChI=1S/C30H19NO/c1-3-11-20(12-4-1)27-19-25-22-15-7-8-16-23(22)28-24-17-9-10-18-26(24)31(29(28)30(25)32-27)21-13-5-2-6-14-21/h1-19H. The number of aromatic nitrogens is 1. The maximum atomic E-state index is 6.65. The minimum absolute atomic E-state index is 0.892. The Bertz CT molecular complexity index is 1760. The Morgan fingerprint density at radius 1 is 0.531 bits per heavy atom. The Balaban J connectivity index is 1.76. The Kier molecular flexibility index (Phi) is 3.58. The lowest BCUT2D eigenvalue weighted by molar-refractivity contribution is 0.634. The third-order valence-corrected chi connectivity index (χ3v) is 6.38. The van der Waals surface area contributed by atoms with Crippen LogP contribution < -0.4 is 0 Å². The largest absolute Gasteiger partial charge is 0.454 e. The Hall–Kier alpha value is -4.30. The van der Waals surface area contributed by atoms with Crippen LogP contribution in [0, 0.1) is 0 Å². The lowest BCUT2D eigenvalue weighted by Crippen LogP contribution is -1.93. The summed E-state index contributed by atoms with van der Waals surface area (Å²) in [6, 6.07) is 40.4. The minimum Gasteiger partial charge on any atom is -0.454 e. The van der Waals surface area contributed by atoms with E-state index in [0.717, 1.165) is 33.5 Å². The van der Waals surface area contributed by atoms with Gasteiger partial charge in [0, 0.05) is 27.4 Å². The van der Waals surface area contributed by atoms with Gasteiger partial charge >= 0.3 is 0 Å². The van der Waals surface area contributed by atoms with Crippen molar-refractivity contribution >= 4 is 43.5 Å². The van der Waals surface area contributed by atoms with Crippen molar-refractivity contribution < 1.29 is 4.42 Å². The quantitative estimate of drug-likeness (QED) is 0.280. The number of fused-ring (bicyclic) bond motifs is 8. The van der Waals surface area contributed by atoms with Gasteiger partial charge in [0.1, 0.15) is 5.76 Å². The van der Waals surface area contributed by atoms with Crippen LogP contribution in [0.5, 0.6) is 0 Å². The SMILES string of the molecule is c1ccc(-c2cc3c4ccccc4c4c5ccccc5n(-c5ccccc5)c4c3o2)cc1. The molecule has 7 rings (SSSR count).